The second-order valence-electron chi connectivity index (χ2n) is 12.4. The Labute approximate surface area is 264 Å². The van der Waals surface area contributed by atoms with Gasteiger partial charge in [-0.1, -0.05) is 43.6 Å². The fourth-order valence-electron chi connectivity index (χ4n) is 5.58. The number of nitrogens with zero attached hydrogens (tertiary/aromatic N) is 5. The molecule has 0 saturated carbocycles. The highest BCUT2D eigenvalue weighted by molar-refractivity contribution is 6.31. The minimum atomic E-state index is -0.750. The van der Waals surface area contributed by atoms with Crippen LogP contribution in [0, 0.1) is 12.7 Å². The molecule has 0 bridgehead atoms. The summed E-state index contributed by atoms with van der Waals surface area (Å²) in [6, 6.07) is 7.32. The van der Waals surface area contributed by atoms with Gasteiger partial charge in [-0.2, -0.15) is 0 Å². The molecule has 11 heteroatoms. The lowest BCUT2D eigenvalue weighted by atomic mass is 9.98. The average Bonchev–Trinajstić information content (AvgIpc) is 2.95. The summed E-state index contributed by atoms with van der Waals surface area (Å²) >= 11 is 6.89. The zero-order valence-corrected chi connectivity index (χ0v) is 27.4. The van der Waals surface area contributed by atoms with Gasteiger partial charge in [0.1, 0.15) is 23.1 Å². The van der Waals surface area contributed by atoms with Gasteiger partial charge in [-0.25, -0.2) is 9.18 Å². The number of aryl methyl sites for hydroxylation is 1. The first-order valence-corrected chi connectivity index (χ1v) is 15.2. The van der Waals surface area contributed by atoms with Gasteiger partial charge in [0.15, 0.2) is 0 Å². The topological polar surface area (TPSA) is 90.4 Å². The van der Waals surface area contributed by atoms with E-state index in [1.165, 1.54) is 11.0 Å². The summed E-state index contributed by atoms with van der Waals surface area (Å²) in [5, 5.41) is 3.73. The Hall–Kier alpha value is -3.92. The molecule has 0 spiro atoms. The molecule has 0 radical (unpaired) electrons. The molecule has 1 N–H and O–H groups in total. The van der Waals surface area contributed by atoms with E-state index in [0.29, 0.717) is 53.1 Å². The van der Waals surface area contributed by atoms with Crippen LogP contribution in [-0.4, -0.2) is 71.4 Å². The highest BCUT2D eigenvalue weighted by Gasteiger charge is 2.36. The molecule has 1 fully saturated rings. The van der Waals surface area contributed by atoms with Crippen molar-refractivity contribution in [1.29, 1.82) is 0 Å². The van der Waals surface area contributed by atoms with Gasteiger partial charge in [0.2, 0.25) is 6.41 Å². The van der Waals surface area contributed by atoms with Crippen LogP contribution in [0.5, 0.6) is 0 Å². The summed E-state index contributed by atoms with van der Waals surface area (Å²) in [6.45, 7) is 14.8. The molecule has 44 heavy (non-hydrogen) atoms. The minimum Gasteiger partial charge on any atom is -0.444 e. The van der Waals surface area contributed by atoms with Crippen LogP contribution in [0.1, 0.15) is 70.3 Å². The summed E-state index contributed by atoms with van der Waals surface area (Å²) in [5.41, 5.74) is 2.52. The molecule has 4 rings (SSSR count). The number of hydrogen-bond donors (Lipinski definition) is 1. The van der Waals surface area contributed by atoms with Crippen LogP contribution in [0.25, 0.3) is 0 Å². The van der Waals surface area contributed by atoms with E-state index in [0.717, 1.165) is 17.7 Å². The first-order valence-electron chi connectivity index (χ1n) is 14.8. The summed E-state index contributed by atoms with van der Waals surface area (Å²) in [7, 11) is 1.68. The van der Waals surface area contributed by atoms with E-state index < -0.39 is 17.5 Å². The molecule has 1 aromatic carbocycles. The lowest BCUT2D eigenvalue weighted by molar-refractivity contribution is -0.107. The van der Waals surface area contributed by atoms with Crippen LogP contribution >= 0.6 is 11.6 Å². The largest absolute Gasteiger partial charge is 0.444 e. The number of halogens is 2. The van der Waals surface area contributed by atoms with Gasteiger partial charge in [-0.15, -0.1) is 0 Å². The minimum absolute atomic E-state index is 0.0163. The van der Waals surface area contributed by atoms with Crippen molar-refractivity contribution < 1.29 is 18.7 Å². The first-order chi connectivity index (χ1) is 20.8. The number of rotatable bonds is 6. The normalized spacial score (nSPS) is 19.5. The van der Waals surface area contributed by atoms with Gasteiger partial charge in [0.05, 0.1) is 23.0 Å². The molecule has 0 aliphatic carbocycles. The van der Waals surface area contributed by atoms with E-state index in [2.05, 4.69) is 20.2 Å². The van der Waals surface area contributed by atoms with E-state index >= 15 is 4.39 Å². The first kappa shape index (κ1) is 33.0. The highest BCUT2D eigenvalue weighted by atomic mass is 35.5. The quantitative estimate of drug-likeness (QED) is 0.232. The Morgan fingerprint density at radius 1 is 1.25 bits per heavy atom. The summed E-state index contributed by atoms with van der Waals surface area (Å²) in [4.78, 5) is 40.5. The smallest absolute Gasteiger partial charge is 0.410 e. The fourth-order valence-corrected chi connectivity index (χ4v) is 5.86. The molecule has 2 atom stereocenters. The zero-order chi connectivity index (χ0) is 32.3. The number of aliphatic imine (C=N–C) groups is 1. The number of carbonyl (C=O) groups excluding carboxylic acids is 2. The third kappa shape index (κ3) is 6.90. The Bertz CT molecular complexity index is 1500. The van der Waals surface area contributed by atoms with Crippen LogP contribution in [-0.2, 0) is 9.53 Å². The van der Waals surface area contributed by atoms with Crippen LogP contribution in [0.4, 0.5) is 14.9 Å². The highest BCUT2D eigenvalue weighted by Crippen LogP contribution is 2.38. The number of piperazine rings is 1. The molecule has 2 aliphatic heterocycles. The Morgan fingerprint density at radius 2 is 1.95 bits per heavy atom. The van der Waals surface area contributed by atoms with Crippen molar-refractivity contribution in [3.8, 4) is 0 Å². The number of benzene rings is 1. The molecule has 3 heterocycles. The van der Waals surface area contributed by atoms with Crippen molar-refractivity contribution in [3.63, 3.8) is 0 Å². The number of hydrogen-bond acceptors (Lipinski definition) is 6. The van der Waals surface area contributed by atoms with Gasteiger partial charge in [0, 0.05) is 49.5 Å². The number of carbonyl (C=O) groups is 2. The van der Waals surface area contributed by atoms with Crippen LogP contribution in [0.2, 0.25) is 0 Å². The van der Waals surface area contributed by atoms with Crippen molar-refractivity contribution in [2.45, 2.75) is 72.1 Å². The van der Waals surface area contributed by atoms with Gasteiger partial charge in [-0.3, -0.25) is 19.7 Å². The summed E-state index contributed by atoms with van der Waals surface area (Å²) in [5.74, 6) is 0.572. The number of amidine groups is 1. The standard InChI is InChI=1S/C33H42ClFN6O3/c1-20(2)27-29(21(3)13-14-37-27)41(19-42)31-24(17-25(34)28(38-31)23-11-9-10-12-26(23)35)30(36-8)39-15-16-40(22(4)18-39)32(43)44-33(5,6)7/h9-14,17,19-20,22,28,38H,15-16,18H2,1-8H3/t22-,28?/m0/s1. The third-order valence-corrected chi connectivity index (χ3v) is 7.93. The second-order valence-corrected chi connectivity index (χ2v) is 12.8. The molecule has 236 valence electrons. The molecule has 9 nitrogen and oxygen atoms in total. The fraction of sp³-hybridized carbons (Fsp3) is 0.455. The Balaban J connectivity index is 1.81. The number of amides is 2. The van der Waals surface area contributed by atoms with Gasteiger partial charge < -0.3 is 19.9 Å². The molecule has 1 saturated heterocycles. The number of dihydropyridines is 1. The monoisotopic (exact) mass is 624 g/mol. The van der Waals surface area contributed by atoms with Gasteiger partial charge >= 0.3 is 6.09 Å². The molecule has 1 aromatic heterocycles. The Morgan fingerprint density at radius 3 is 2.55 bits per heavy atom. The lowest BCUT2D eigenvalue weighted by Gasteiger charge is -2.42. The number of nitrogens with one attached hydrogen (secondary N) is 1. The maximum Gasteiger partial charge on any atom is 0.410 e. The SMILES string of the molecule is CN=C(C1=C(N(C=O)c2c(C)ccnc2C(C)C)NC(c2ccccc2F)C(Cl)=C1)N1CCN(C(=O)OC(C)(C)C)[C@@H](C)C1. The Kier molecular flexibility index (Phi) is 10.0. The number of aromatic nitrogens is 1. The van der Waals surface area contributed by atoms with Crippen LogP contribution in [0.3, 0.4) is 0 Å². The predicted octanol–water partition coefficient (Wildman–Crippen LogP) is 6.26. The van der Waals surface area contributed by atoms with Crippen LogP contribution < -0.4 is 10.2 Å². The van der Waals surface area contributed by atoms with E-state index in [4.69, 9.17) is 16.3 Å². The predicted molar refractivity (Wildman–Crippen MR) is 172 cm³/mol. The van der Waals surface area contributed by atoms with E-state index in [9.17, 15) is 9.59 Å². The molecule has 2 aliphatic rings. The number of pyridine rings is 1. The average molecular weight is 625 g/mol. The van der Waals surface area contributed by atoms with Gasteiger partial charge in [0.25, 0.3) is 0 Å². The molecular weight excluding hydrogens is 583 g/mol. The van der Waals surface area contributed by atoms with Gasteiger partial charge in [-0.05, 0) is 64.3 Å². The van der Waals surface area contributed by atoms with E-state index in [1.54, 1.807) is 42.4 Å². The maximum absolute atomic E-state index is 15.1. The molecule has 1 unspecified atom stereocenters. The lowest BCUT2D eigenvalue weighted by Crippen LogP contribution is -2.57. The van der Waals surface area contributed by atoms with E-state index in [1.807, 2.05) is 54.5 Å². The molecule has 2 amide bonds. The zero-order valence-electron chi connectivity index (χ0n) is 26.7. The second kappa shape index (κ2) is 13.4. The van der Waals surface area contributed by atoms with Crippen LogP contribution in [0.15, 0.2) is 64.0 Å². The maximum atomic E-state index is 15.1. The number of anilines is 1. The third-order valence-electron chi connectivity index (χ3n) is 7.61. The van der Waals surface area contributed by atoms with Crippen molar-refractivity contribution in [1.82, 2.24) is 20.1 Å². The summed E-state index contributed by atoms with van der Waals surface area (Å²) < 4.78 is 20.7. The van der Waals surface area contributed by atoms with Crippen molar-refractivity contribution in [2.75, 3.05) is 31.6 Å². The van der Waals surface area contributed by atoms with Crippen molar-refractivity contribution >= 4 is 35.6 Å². The van der Waals surface area contributed by atoms with Crippen molar-refractivity contribution in [2.24, 2.45) is 4.99 Å². The summed E-state index contributed by atoms with van der Waals surface area (Å²) in [6.07, 6.45) is 3.84. The molecular formula is C33H42ClFN6O3. The number of ether oxygens (including phenoxy) is 1. The van der Waals surface area contributed by atoms with Crippen molar-refractivity contribution in [3.05, 3.63) is 81.7 Å². The van der Waals surface area contributed by atoms with E-state index in [-0.39, 0.29) is 18.1 Å². The molecule has 2 aromatic rings.